The Morgan fingerprint density at radius 3 is 2.33 bits per heavy atom. The normalized spacial score (nSPS) is 20.1. The first-order valence-electron chi connectivity index (χ1n) is 7.02. The first-order valence-corrected chi connectivity index (χ1v) is 7.02. The Morgan fingerprint density at radius 1 is 1.29 bits per heavy atom. The van der Waals surface area contributed by atoms with Crippen LogP contribution in [-0.4, -0.2) is 17.0 Å². The number of amides is 1. The quantitative estimate of drug-likeness (QED) is 0.346. The Labute approximate surface area is 125 Å². The number of aryl methyl sites for hydroxylation is 1. The fourth-order valence-corrected chi connectivity index (χ4v) is 3.03. The smallest absolute Gasteiger partial charge is 0.228 e. The molecule has 1 aliphatic carbocycles. The molecule has 4 N–H and O–H groups in total. The Kier molecular flexibility index (Phi) is 3.48. The van der Waals surface area contributed by atoms with E-state index in [4.69, 9.17) is 10.9 Å². The van der Waals surface area contributed by atoms with Crippen LogP contribution in [0.3, 0.4) is 0 Å². The highest BCUT2D eigenvalue weighted by molar-refractivity contribution is 6.01. The van der Waals surface area contributed by atoms with Gasteiger partial charge in [-0.25, -0.2) is 0 Å². The van der Waals surface area contributed by atoms with Crippen molar-refractivity contribution in [2.24, 2.45) is 27.6 Å². The van der Waals surface area contributed by atoms with E-state index in [0.717, 1.165) is 5.56 Å². The maximum Gasteiger partial charge on any atom is 0.228 e. The molecule has 1 aromatic rings. The molecule has 114 valence electrons. The van der Waals surface area contributed by atoms with Crippen molar-refractivity contribution >= 4 is 17.4 Å². The molecule has 1 aromatic carbocycles. The Morgan fingerprint density at radius 2 is 1.86 bits per heavy atom. The second-order valence-electron chi connectivity index (χ2n) is 6.88. The van der Waals surface area contributed by atoms with Crippen LogP contribution >= 0.6 is 0 Å². The van der Waals surface area contributed by atoms with E-state index in [-0.39, 0.29) is 28.5 Å². The van der Waals surface area contributed by atoms with Crippen LogP contribution in [0.4, 0.5) is 5.69 Å². The van der Waals surface area contributed by atoms with Gasteiger partial charge in [0.05, 0.1) is 0 Å². The molecule has 0 aliphatic heterocycles. The van der Waals surface area contributed by atoms with Crippen LogP contribution in [0.5, 0.6) is 0 Å². The number of carbonyl (C=O) groups excluding carboxylic acids is 1. The zero-order valence-electron chi connectivity index (χ0n) is 13.2. The highest BCUT2D eigenvalue weighted by Gasteiger charge is 2.68. The van der Waals surface area contributed by atoms with Gasteiger partial charge in [-0.1, -0.05) is 45.0 Å². The van der Waals surface area contributed by atoms with Crippen LogP contribution in [-0.2, 0) is 4.79 Å². The number of nitrogens with one attached hydrogen (secondary N) is 1. The molecular formula is C16H23N3O2. The number of rotatable bonds is 3. The van der Waals surface area contributed by atoms with Crippen molar-refractivity contribution in [1.82, 2.24) is 0 Å². The van der Waals surface area contributed by atoms with Crippen molar-refractivity contribution in [1.29, 1.82) is 0 Å². The molecule has 1 aliphatic rings. The molecule has 0 bridgehead atoms. The standard InChI is InChI=1S/C16H23N3O2/c1-9-6-7-10(13(17)19-21)8-11(9)18-14(20)12-15(2,3)16(12,4)5/h6-8,12,21H,1-5H3,(H2,17,19)(H,18,20). The topological polar surface area (TPSA) is 87.7 Å². The fraction of sp³-hybridized carbons (Fsp3) is 0.500. The number of anilines is 1. The predicted octanol–water partition coefficient (Wildman–Crippen LogP) is 2.71. The molecule has 0 aromatic heterocycles. The SMILES string of the molecule is Cc1ccc(C(N)=NO)cc1NC(=O)C1C(C)(C)C1(C)C. The first-order chi connectivity index (χ1) is 9.62. The number of amidine groups is 1. The van der Waals surface area contributed by atoms with Gasteiger partial charge in [-0.15, -0.1) is 0 Å². The summed E-state index contributed by atoms with van der Waals surface area (Å²) in [7, 11) is 0. The number of nitrogens with two attached hydrogens (primary N) is 1. The number of hydrogen-bond acceptors (Lipinski definition) is 3. The van der Waals surface area contributed by atoms with Crippen molar-refractivity contribution in [2.45, 2.75) is 34.6 Å². The number of oxime groups is 1. The lowest BCUT2D eigenvalue weighted by Gasteiger charge is -2.11. The summed E-state index contributed by atoms with van der Waals surface area (Å²) in [6, 6.07) is 5.32. The second-order valence-corrected chi connectivity index (χ2v) is 6.88. The molecule has 0 heterocycles. The number of hydrogen-bond donors (Lipinski definition) is 3. The minimum atomic E-state index is -0.0167. The molecule has 21 heavy (non-hydrogen) atoms. The molecule has 1 fully saturated rings. The van der Waals surface area contributed by atoms with Crippen LogP contribution < -0.4 is 11.1 Å². The summed E-state index contributed by atoms with van der Waals surface area (Å²) in [5.74, 6) is 0.0271. The lowest BCUT2D eigenvalue weighted by atomic mass is 10.0. The van der Waals surface area contributed by atoms with E-state index < -0.39 is 0 Å². The van der Waals surface area contributed by atoms with Crippen molar-refractivity contribution in [3.63, 3.8) is 0 Å². The third-order valence-electron chi connectivity index (χ3n) is 5.18. The van der Waals surface area contributed by atoms with Gasteiger partial charge in [-0.2, -0.15) is 0 Å². The fourth-order valence-electron chi connectivity index (χ4n) is 3.03. The molecular weight excluding hydrogens is 266 g/mol. The molecule has 2 rings (SSSR count). The third-order valence-corrected chi connectivity index (χ3v) is 5.18. The average molecular weight is 289 g/mol. The minimum absolute atomic E-state index is 0.00577. The Balaban J connectivity index is 2.23. The molecule has 1 amide bonds. The molecule has 0 radical (unpaired) electrons. The summed E-state index contributed by atoms with van der Waals surface area (Å²) in [5, 5.41) is 14.7. The first kappa shape index (κ1) is 15.4. The van der Waals surface area contributed by atoms with Crippen LogP contribution in [0.1, 0.15) is 38.8 Å². The van der Waals surface area contributed by atoms with Gasteiger partial charge in [-0.05, 0) is 29.4 Å². The Hall–Kier alpha value is -2.04. The van der Waals surface area contributed by atoms with Crippen molar-refractivity contribution in [3.8, 4) is 0 Å². The van der Waals surface area contributed by atoms with E-state index in [1.165, 1.54) is 0 Å². The highest BCUT2D eigenvalue weighted by Crippen LogP contribution is 2.68. The van der Waals surface area contributed by atoms with Crippen LogP contribution in [0, 0.1) is 23.7 Å². The molecule has 0 spiro atoms. The summed E-state index contributed by atoms with van der Waals surface area (Å²) in [5.41, 5.74) is 7.79. The van der Waals surface area contributed by atoms with Gasteiger partial charge < -0.3 is 16.3 Å². The third kappa shape index (κ3) is 2.37. The zero-order valence-corrected chi connectivity index (χ0v) is 13.2. The van der Waals surface area contributed by atoms with Gasteiger partial charge in [0.1, 0.15) is 0 Å². The maximum atomic E-state index is 12.5. The van der Waals surface area contributed by atoms with Crippen LogP contribution in [0.2, 0.25) is 0 Å². The Bertz CT molecular complexity index is 604. The molecule has 0 atom stereocenters. The van der Waals surface area contributed by atoms with Crippen LogP contribution in [0.25, 0.3) is 0 Å². The number of benzene rings is 1. The lowest BCUT2D eigenvalue weighted by molar-refractivity contribution is -0.118. The van der Waals surface area contributed by atoms with Gasteiger partial charge in [-0.3, -0.25) is 4.79 Å². The van der Waals surface area contributed by atoms with E-state index in [0.29, 0.717) is 11.3 Å². The number of nitrogens with zero attached hydrogens (tertiary/aromatic N) is 1. The second kappa shape index (κ2) is 4.76. The van der Waals surface area contributed by atoms with Gasteiger partial charge in [0.2, 0.25) is 5.91 Å². The van der Waals surface area contributed by atoms with Crippen LogP contribution in [0.15, 0.2) is 23.4 Å². The largest absolute Gasteiger partial charge is 0.409 e. The van der Waals surface area contributed by atoms with Crippen molar-refractivity contribution in [3.05, 3.63) is 29.3 Å². The molecule has 1 saturated carbocycles. The van der Waals surface area contributed by atoms with E-state index in [1.807, 2.05) is 13.0 Å². The van der Waals surface area contributed by atoms with Gasteiger partial charge >= 0.3 is 0 Å². The molecule has 5 heteroatoms. The predicted molar refractivity (Wildman–Crippen MR) is 83.4 cm³/mol. The van der Waals surface area contributed by atoms with E-state index in [2.05, 4.69) is 38.2 Å². The zero-order chi connectivity index (χ0) is 16.0. The molecule has 0 unspecified atom stereocenters. The number of carbonyl (C=O) groups is 1. The van der Waals surface area contributed by atoms with E-state index in [9.17, 15) is 4.79 Å². The average Bonchev–Trinajstić information content (AvgIpc) is 2.81. The van der Waals surface area contributed by atoms with Crippen molar-refractivity contribution in [2.75, 3.05) is 5.32 Å². The minimum Gasteiger partial charge on any atom is -0.409 e. The molecule has 5 nitrogen and oxygen atoms in total. The summed E-state index contributed by atoms with van der Waals surface area (Å²) < 4.78 is 0. The summed E-state index contributed by atoms with van der Waals surface area (Å²) in [6.45, 7) is 10.3. The van der Waals surface area contributed by atoms with E-state index >= 15 is 0 Å². The van der Waals surface area contributed by atoms with E-state index in [1.54, 1.807) is 12.1 Å². The highest BCUT2D eigenvalue weighted by atomic mass is 16.4. The summed E-state index contributed by atoms with van der Waals surface area (Å²) >= 11 is 0. The summed E-state index contributed by atoms with van der Waals surface area (Å²) in [6.07, 6.45) is 0. The van der Waals surface area contributed by atoms with Crippen molar-refractivity contribution < 1.29 is 10.0 Å². The lowest BCUT2D eigenvalue weighted by Crippen LogP contribution is -2.19. The monoisotopic (exact) mass is 289 g/mol. The van der Waals surface area contributed by atoms with Gasteiger partial charge in [0.15, 0.2) is 5.84 Å². The summed E-state index contributed by atoms with van der Waals surface area (Å²) in [4.78, 5) is 12.5. The van der Waals surface area contributed by atoms with Gasteiger partial charge in [0, 0.05) is 17.2 Å². The molecule has 0 saturated heterocycles. The van der Waals surface area contributed by atoms with Gasteiger partial charge in [0.25, 0.3) is 0 Å². The maximum absolute atomic E-state index is 12.5.